The summed E-state index contributed by atoms with van der Waals surface area (Å²) < 4.78 is 0. The number of nitrogens with zero attached hydrogens (tertiary/aromatic N) is 1. The molecular weight excluding hydrogens is 367 g/mol. The van der Waals surface area contributed by atoms with Crippen LogP contribution in [-0.4, -0.2) is 23.9 Å². The summed E-state index contributed by atoms with van der Waals surface area (Å²) in [5, 5.41) is 4.07. The molecule has 0 saturated carbocycles. The number of likely N-dealkylation sites (tertiary alicyclic amines) is 1. The molecular formula is C21H24Cl2N2O. The first-order valence-electron chi connectivity index (χ1n) is 9.11. The minimum Gasteiger partial charge on any atom is -0.352 e. The maximum Gasteiger partial charge on any atom is 0.220 e. The number of rotatable bonds is 7. The molecule has 1 aliphatic rings. The van der Waals surface area contributed by atoms with E-state index in [1.165, 1.54) is 31.5 Å². The zero-order chi connectivity index (χ0) is 18.4. The fourth-order valence-corrected chi connectivity index (χ4v) is 3.60. The molecule has 2 aromatic rings. The Morgan fingerprint density at radius 1 is 0.962 bits per heavy atom. The summed E-state index contributed by atoms with van der Waals surface area (Å²) in [6.45, 7) is 3.94. The van der Waals surface area contributed by atoms with Crippen LogP contribution < -0.4 is 5.32 Å². The van der Waals surface area contributed by atoms with E-state index in [2.05, 4.69) is 34.5 Å². The summed E-state index contributed by atoms with van der Waals surface area (Å²) >= 11 is 11.9. The molecule has 0 atom stereocenters. The topological polar surface area (TPSA) is 32.3 Å². The molecule has 0 aliphatic carbocycles. The number of hydrogen-bond acceptors (Lipinski definition) is 2. The van der Waals surface area contributed by atoms with Gasteiger partial charge in [0.05, 0.1) is 10.0 Å². The van der Waals surface area contributed by atoms with Crippen LogP contribution in [0, 0.1) is 0 Å². The fourth-order valence-electron chi connectivity index (χ4n) is 3.28. The molecule has 0 unspecified atom stereocenters. The van der Waals surface area contributed by atoms with Gasteiger partial charge in [-0.1, -0.05) is 53.5 Å². The van der Waals surface area contributed by atoms with Crippen LogP contribution in [0.3, 0.4) is 0 Å². The van der Waals surface area contributed by atoms with Crippen LogP contribution >= 0.6 is 23.2 Å². The summed E-state index contributed by atoms with van der Waals surface area (Å²) in [4.78, 5) is 14.6. The first-order valence-corrected chi connectivity index (χ1v) is 9.86. The van der Waals surface area contributed by atoms with E-state index < -0.39 is 0 Å². The van der Waals surface area contributed by atoms with Crippen LogP contribution in [0.1, 0.15) is 36.0 Å². The van der Waals surface area contributed by atoms with Gasteiger partial charge in [0, 0.05) is 19.5 Å². The molecule has 1 aliphatic heterocycles. The maximum absolute atomic E-state index is 12.1. The third-order valence-electron chi connectivity index (χ3n) is 4.71. The van der Waals surface area contributed by atoms with Gasteiger partial charge in [-0.05, 0) is 61.2 Å². The minimum atomic E-state index is 0.0426. The molecule has 138 valence electrons. The molecule has 1 saturated heterocycles. The molecule has 0 spiro atoms. The quantitative estimate of drug-likeness (QED) is 0.733. The standard InChI is InChI=1S/C21H24Cl2N2O/c22-19-8-6-16(13-20(19)23)7-9-21(26)24-14-17-4-3-5-18(12-17)15-25-10-1-2-11-25/h3-6,8,12-13H,1-2,7,9-11,14-15H2,(H,24,26). The highest BCUT2D eigenvalue weighted by Gasteiger charge is 2.12. The lowest BCUT2D eigenvalue weighted by Gasteiger charge is -2.15. The summed E-state index contributed by atoms with van der Waals surface area (Å²) in [5.41, 5.74) is 3.47. The Labute approximate surface area is 165 Å². The van der Waals surface area contributed by atoms with Gasteiger partial charge in [0.25, 0.3) is 0 Å². The molecule has 1 N–H and O–H groups in total. The average molecular weight is 391 g/mol. The second kappa shape index (κ2) is 9.40. The van der Waals surface area contributed by atoms with Gasteiger partial charge in [0.15, 0.2) is 0 Å². The predicted octanol–water partition coefficient (Wildman–Crippen LogP) is 4.84. The molecule has 1 heterocycles. The molecule has 3 rings (SSSR count). The van der Waals surface area contributed by atoms with Gasteiger partial charge in [0.1, 0.15) is 0 Å². The fraction of sp³-hybridized carbons (Fsp3) is 0.381. The predicted molar refractivity (Wildman–Crippen MR) is 108 cm³/mol. The number of amides is 1. The monoisotopic (exact) mass is 390 g/mol. The lowest BCUT2D eigenvalue weighted by molar-refractivity contribution is -0.121. The molecule has 0 bridgehead atoms. The number of hydrogen-bond donors (Lipinski definition) is 1. The van der Waals surface area contributed by atoms with Crippen LogP contribution in [0.15, 0.2) is 42.5 Å². The van der Waals surface area contributed by atoms with Crippen molar-refractivity contribution in [3.63, 3.8) is 0 Å². The van der Waals surface area contributed by atoms with E-state index >= 15 is 0 Å². The third-order valence-corrected chi connectivity index (χ3v) is 5.45. The third kappa shape index (κ3) is 5.73. The smallest absolute Gasteiger partial charge is 0.220 e. The van der Waals surface area contributed by atoms with Crippen LogP contribution in [0.5, 0.6) is 0 Å². The highest BCUT2D eigenvalue weighted by molar-refractivity contribution is 6.42. The largest absolute Gasteiger partial charge is 0.352 e. The minimum absolute atomic E-state index is 0.0426. The van der Waals surface area contributed by atoms with Gasteiger partial charge in [-0.15, -0.1) is 0 Å². The number of halogens is 2. The first-order chi connectivity index (χ1) is 12.6. The van der Waals surface area contributed by atoms with E-state index in [4.69, 9.17) is 23.2 Å². The highest BCUT2D eigenvalue weighted by atomic mass is 35.5. The van der Waals surface area contributed by atoms with Crippen molar-refractivity contribution in [2.75, 3.05) is 13.1 Å². The van der Waals surface area contributed by atoms with Gasteiger partial charge >= 0.3 is 0 Å². The Bertz CT molecular complexity index is 757. The number of aryl methyl sites for hydroxylation is 1. The second-order valence-corrected chi connectivity index (χ2v) is 7.64. The van der Waals surface area contributed by atoms with Crippen LogP contribution in [-0.2, 0) is 24.3 Å². The number of nitrogens with one attached hydrogen (secondary N) is 1. The van der Waals surface area contributed by atoms with Crippen LogP contribution in [0.4, 0.5) is 0 Å². The van der Waals surface area contributed by atoms with Crippen molar-refractivity contribution >= 4 is 29.1 Å². The lowest BCUT2D eigenvalue weighted by atomic mass is 10.1. The van der Waals surface area contributed by atoms with Crippen molar-refractivity contribution in [3.8, 4) is 0 Å². The summed E-state index contributed by atoms with van der Waals surface area (Å²) in [6, 6.07) is 14.0. The lowest BCUT2D eigenvalue weighted by Crippen LogP contribution is -2.23. The van der Waals surface area contributed by atoms with Gasteiger partial charge in [-0.2, -0.15) is 0 Å². The number of carbonyl (C=O) groups excluding carboxylic acids is 1. The normalized spacial score (nSPS) is 14.5. The van der Waals surface area contributed by atoms with Gasteiger partial charge < -0.3 is 5.32 Å². The molecule has 26 heavy (non-hydrogen) atoms. The zero-order valence-corrected chi connectivity index (χ0v) is 16.3. The Morgan fingerprint density at radius 2 is 1.73 bits per heavy atom. The average Bonchev–Trinajstić information content (AvgIpc) is 3.14. The Balaban J connectivity index is 1.45. The SMILES string of the molecule is O=C(CCc1ccc(Cl)c(Cl)c1)NCc1cccc(CN2CCCC2)c1. The molecule has 1 fully saturated rings. The van der Waals surface area contributed by atoms with Crippen LogP contribution in [0.2, 0.25) is 10.0 Å². The Morgan fingerprint density at radius 3 is 2.50 bits per heavy atom. The van der Waals surface area contributed by atoms with Crippen LogP contribution in [0.25, 0.3) is 0 Å². The number of carbonyl (C=O) groups is 1. The molecule has 0 aromatic heterocycles. The molecule has 2 aromatic carbocycles. The summed E-state index contributed by atoms with van der Waals surface area (Å²) in [6.07, 6.45) is 3.69. The first kappa shape index (κ1) is 19.2. The Kier molecular flexibility index (Phi) is 6.95. The van der Waals surface area contributed by atoms with Gasteiger partial charge in [0.2, 0.25) is 5.91 Å². The van der Waals surface area contributed by atoms with E-state index in [1.807, 2.05) is 12.1 Å². The van der Waals surface area contributed by atoms with E-state index in [0.29, 0.717) is 29.4 Å². The van der Waals surface area contributed by atoms with Crippen molar-refractivity contribution in [1.29, 1.82) is 0 Å². The number of benzene rings is 2. The van der Waals surface area contributed by atoms with E-state index in [9.17, 15) is 4.79 Å². The van der Waals surface area contributed by atoms with Crippen molar-refractivity contribution < 1.29 is 4.79 Å². The Hall–Kier alpha value is -1.55. The van der Waals surface area contributed by atoms with Crippen molar-refractivity contribution in [2.24, 2.45) is 0 Å². The van der Waals surface area contributed by atoms with Crippen molar-refractivity contribution in [2.45, 2.75) is 38.8 Å². The molecule has 0 radical (unpaired) electrons. The van der Waals surface area contributed by atoms with Crippen molar-refractivity contribution in [1.82, 2.24) is 10.2 Å². The molecule has 5 heteroatoms. The van der Waals surface area contributed by atoms with Gasteiger partial charge in [-0.3, -0.25) is 9.69 Å². The van der Waals surface area contributed by atoms with E-state index in [-0.39, 0.29) is 5.91 Å². The summed E-state index contributed by atoms with van der Waals surface area (Å²) in [5.74, 6) is 0.0426. The molecule has 3 nitrogen and oxygen atoms in total. The van der Waals surface area contributed by atoms with Crippen molar-refractivity contribution in [3.05, 3.63) is 69.2 Å². The van der Waals surface area contributed by atoms with E-state index in [1.54, 1.807) is 6.07 Å². The van der Waals surface area contributed by atoms with E-state index in [0.717, 1.165) is 17.7 Å². The van der Waals surface area contributed by atoms with Gasteiger partial charge in [-0.25, -0.2) is 0 Å². The second-order valence-electron chi connectivity index (χ2n) is 6.83. The molecule has 1 amide bonds. The highest BCUT2D eigenvalue weighted by Crippen LogP contribution is 2.23. The summed E-state index contributed by atoms with van der Waals surface area (Å²) in [7, 11) is 0. The maximum atomic E-state index is 12.1. The zero-order valence-electron chi connectivity index (χ0n) is 14.8.